The highest BCUT2D eigenvalue weighted by atomic mass is 32.1. The molecule has 0 atom stereocenters. The van der Waals surface area contributed by atoms with Gasteiger partial charge in [-0.15, -0.1) is 22.7 Å². The Morgan fingerprint density at radius 3 is 2.12 bits per heavy atom. The smallest absolute Gasteiger partial charge is 0.137 e. The first-order valence-corrected chi connectivity index (χ1v) is 18.8. The molecule has 0 bridgehead atoms. The Kier molecular flexibility index (Phi) is 5.53. The summed E-state index contributed by atoms with van der Waals surface area (Å²) in [4.78, 5) is 3.70. The molecule has 0 saturated heterocycles. The van der Waals surface area contributed by atoms with E-state index in [9.17, 15) is 0 Å². The number of aromatic nitrogens is 1. The highest BCUT2D eigenvalue weighted by Gasteiger charge is 2.24. The Hall–Kier alpha value is -6.14. The highest BCUT2D eigenvalue weighted by Crippen LogP contribution is 2.51. The minimum atomic E-state index is 0.891. The molecule has 3 nitrogen and oxygen atoms in total. The third-order valence-electron chi connectivity index (χ3n) is 10.6. The molecule has 5 aromatic heterocycles. The van der Waals surface area contributed by atoms with Crippen LogP contribution in [-0.4, -0.2) is 4.40 Å². The van der Waals surface area contributed by atoms with Crippen LogP contribution in [0.4, 0.5) is 16.4 Å². The molecular weight excluding hydrogens is 661 g/mol. The van der Waals surface area contributed by atoms with E-state index >= 15 is 0 Å². The number of fused-ring (bicyclic) bond motifs is 11. The van der Waals surface area contributed by atoms with Crippen LogP contribution >= 0.6 is 22.7 Å². The van der Waals surface area contributed by atoms with Crippen molar-refractivity contribution in [1.29, 1.82) is 0 Å². The second-order valence-corrected chi connectivity index (χ2v) is 15.4. The van der Waals surface area contributed by atoms with Crippen LogP contribution in [0.5, 0.6) is 0 Å². The van der Waals surface area contributed by atoms with Crippen molar-refractivity contribution < 1.29 is 4.42 Å². The summed E-state index contributed by atoms with van der Waals surface area (Å²) in [5, 5.41) is 11.4. The topological polar surface area (TPSA) is 20.8 Å². The maximum atomic E-state index is 6.41. The van der Waals surface area contributed by atoms with E-state index < -0.39 is 0 Å². The zero-order valence-corrected chi connectivity index (χ0v) is 28.8. The molecule has 12 aromatic rings. The van der Waals surface area contributed by atoms with Crippen LogP contribution in [0.2, 0.25) is 0 Å². The lowest BCUT2D eigenvalue weighted by molar-refractivity contribution is 0.669. The van der Waals surface area contributed by atoms with Crippen LogP contribution in [0, 0.1) is 0 Å². The van der Waals surface area contributed by atoms with Gasteiger partial charge in [0.05, 0.1) is 26.1 Å². The molecule has 12 rings (SSSR count). The monoisotopic (exact) mass is 686 g/mol. The molecule has 0 saturated carbocycles. The van der Waals surface area contributed by atoms with Crippen LogP contribution in [0.25, 0.3) is 90.6 Å². The van der Waals surface area contributed by atoms with E-state index in [2.05, 4.69) is 155 Å². The van der Waals surface area contributed by atoms with Crippen molar-refractivity contribution in [3.8, 4) is 11.1 Å². The highest BCUT2D eigenvalue weighted by molar-refractivity contribution is 7.34. The lowest BCUT2D eigenvalue weighted by Gasteiger charge is -2.24. The molecule has 5 heteroatoms. The summed E-state index contributed by atoms with van der Waals surface area (Å²) in [7, 11) is 0. The van der Waals surface area contributed by atoms with E-state index in [0.29, 0.717) is 0 Å². The molecule has 0 N–H and O–H groups in total. The zero-order chi connectivity index (χ0) is 33.2. The standard InChI is InChI=1S/C46H26N2OS2/c1-2-9-27(10-3-1)28-17-20-30(21-18-28)47(31-22-24-34-33-13-5-7-16-38(33)49-39(34)25-31)41-26-40-45(51-41)43-36-14-8-11-29-19-23-35-32-12-4-6-15-37(32)48(46(43)50-40)44(35)42(29)36/h1-26H. The average molecular weight is 687 g/mol. The molecule has 0 fully saturated rings. The van der Waals surface area contributed by atoms with Gasteiger partial charge in [0.1, 0.15) is 21.0 Å². The minimum absolute atomic E-state index is 0.891. The summed E-state index contributed by atoms with van der Waals surface area (Å²) < 4.78 is 11.6. The van der Waals surface area contributed by atoms with Crippen molar-refractivity contribution in [3.05, 3.63) is 158 Å². The summed E-state index contributed by atoms with van der Waals surface area (Å²) in [6.07, 6.45) is 0. The molecule has 0 aliphatic rings. The lowest BCUT2D eigenvalue weighted by atomic mass is 10.0. The second-order valence-electron chi connectivity index (χ2n) is 13.3. The number of nitrogens with zero attached hydrogens (tertiary/aromatic N) is 2. The van der Waals surface area contributed by atoms with Crippen molar-refractivity contribution in [2.45, 2.75) is 0 Å². The van der Waals surface area contributed by atoms with Crippen LogP contribution in [0.15, 0.2) is 162 Å². The molecule has 5 heterocycles. The first-order chi connectivity index (χ1) is 25.3. The third kappa shape index (κ3) is 3.82. The molecule has 0 radical (unpaired) electrons. The average Bonchev–Trinajstić information content (AvgIpc) is 3.94. The maximum absolute atomic E-state index is 6.41. The Labute approximate surface area is 299 Å². The predicted molar refractivity (Wildman–Crippen MR) is 219 cm³/mol. The fourth-order valence-electron chi connectivity index (χ4n) is 8.31. The van der Waals surface area contributed by atoms with Gasteiger partial charge >= 0.3 is 0 Å². The van der Waals surface area contributed by atoms with E-state index in [0.717, 1.165) is 33.3 Å². The Morgan fingerprint density at radius 2 is 1.22 bits per heavy atom. The van der Waals surface area contributed by atoms with Gasteiger partial charge in [0.15, 0.2) is 0 Å². The van der Waals surface area contributed by atoms with E-state index in [-0.39, 0.29) is 0 Å². The van der Waals surface area contributed by atoms with E-state index in [1.54, 1.807) is 0 Å². The van der Waals surface area contributed by atoms with Crippen LogP contribution < -0.4 is 4.90 Å². The Balaban J connectivity index is 1.12. The molecule has 0 spiro atoms. The Morgan fingerprint density at radius 1 is 0.490 bits per heavy atom. The number of hydrogen-bond acceptors (Lipinski definition) is 4. The van der Waals surface area contributed by atoms with Gasteiger partial charge in [0.25, 0.3) is 0 Å². The van der Waals surface area contributed by atoms with Crippen molar-refractivity contribution in [1.82, 2.24) is 4.40 Å². The van der Waals surface area contributed by atoms with Crippen LogP contribution in [0.3, 0.4) is 0 Å². The molecule has 0 unspecified atom stereocenters. The van der Waals surface area contributed by atoms with Crippen molar-refractivity contribution in [2.24, 2.45) is 0 Å². The van der Waals surface area contributed by atoms with Crippen LogP contribution in [0.1, 0.15) is 0 Å². The van der Waals surface area contributed by atoms with Gasteiger partial charge in [0, 0.05) is 44.1 Å². The zero-order valence-electron chi connectivity index (χ0n) is 27.1. The van der Waals surface area contributed by atoms with Gasteiger partial charge in [-0.25, -0.2) is 0 Å². The first kappa shape index (κ1) is 27.7. The largest absolute Gasteiger partial charge is 0.456 e. The second kappa shape index (κ2) is 10.2. The van der Waals surface area contributed by atoms with Gasteiger partial charge in [-0.3, -0.25) is 4.40 Å². The summed E-state index contributed by atoms with van der Waals surface area (Å²) in [6.45, 7) is 0. The summed E-state index contributed by atoms with van der Waals surface area (Å²) in [5.74, 6) is 0. The fourth-order valence-corrected chi connectivity index (χ4v) is 11.0. The number of thiophene rings is 2. The number of rotatable bonds is 4. The summed E-state index contributed by atoms with van der Waals surface area (Å²) in [5.41, 5.74) is 8.99. The molecule has 0 aliphatic carbocycles. The molecule has 0 amide bonds. The molecule has 238 valence electrons. The first-order valence-electron chi connectivity index (χ1n) is 17.2. The van der Waals surface area contributed by atoms with Crippen molar-refractivity contribution in [2.75, 3.05) is 4.90 Å². The fraction of sp³-hybridized carbons (Fsp3) is 0. The van der Waals surface area contributed by atoms with E-state index in [1.807, 2.05) is 34.8 Å². The number of pyridine rings is 1. The molecule has 51 heavy (non-hydrogen) atoms. The SMILES string of the molecule is c1ccc(-c2ccc(N(c3ccc4c(c3)oc3ccccc34)c3cc4sc5c(c6cccc7ccc8c9ccccc9n5c8c76)c4s3)cc2)cc1. The summed E-state index contributed by atoms with van der Waals surface area (Å²) in [6, 6.07) is 57.1. The molecular formula is C46H26N2OS2. The van der Waals surface area contributed by atoms with Crippen molar-refractivity contribution in [3.63, 3.8) is 0 Å². The van der Waals surface area contributed by atoms with Gasteiger partial charge < -0.3 is 9.32 Å². The maximum Gasteiger partial charge on any atom is 0.137 e. The lowest BCUT2D eigenvalue weighted by Crippen LogP contribution is -2.08. The number of anilines is 3. The van der Waals surface area contributed by atoms with Gasteiger partial charge in [0.2, 0.25) is 0 Å². The predicted octanol–water partition coefficient (Wildman–Crippen LogP) is 14.3. The Bertz CT molecular complexity index is 3310. The van der Waals surface area contributed by atoms with E-state index in [1.165, 1.54) is 73.7 Å². The number of furan rings is 1. The van der Waals surface area contributed by atoms with Crippen molar-refractivity contribution >= 4 is 119 Å². The van der Waals surface area contributed by atoms with Gasteiger partial charge in [-0.05, 0) is 64.4 Å². The normalized spacial score (nSPS) is 12.3. The van der Waals surface area contributed by atoms with Gasteiger partial charge in [-0.2, -0.15) is 0 Å². The number of benzene rings is 7. The van der Waals surface area contributed by atoms with E-state index in [4.69, 9.17) is 4.42 Å². The van der Waals surface area contributed by atoms with Crippen LogP contribution in [-0.2, 0) is 0 Å². The number of hydrogen-bond donors (Lipinski definition) is 0. The minimum Gasteiger partial charge on any atom is -0.456 e. The third-order valence-corrected chi connectivity index (χ3v) is 12.9. The molecule has 7 aromatic carbocycles. The quantitative estimate of drug-likeness (QED) is 0.184. The molecule has 0 aliphatic heterocycles. The van der Waals surface area contributed by atoms with Gasteiger partial charge in [-0.1, -0.05) is 109 Å². The summed E-state index contributed by atoms with van der Waals surface area (Å²) >= 11 is 3.78. The number of para-hydroxylation sites is 2.